The standard InChI is InChI=1S/C18H21ClFN/c1-4-9-21-13(3)16-8-7-15(20)11-17(16)14-6-5-12(2)18(19)10-14/h5-8,10-11,13,21H,4,9H2,1-3H3. The maximum atomic E-state index is 13.7. The SMILES string of the molecule is CCCNC(C)c1ccc(F)cc1-c1ccc(C)c(Cl)c1. The van der Waals surface area contributed by atoms with Crippen LogP contribution >= 0.6 is 11.6 Å². The van der Waals surface area contributed by atoms with Crippen molar-refractivity contribution in [3.63, 3.8) is 0 Å². The van der Waals surface area contributed by atoms with Gasteiger partial charge in [0.2, 0.25) is 0 Å². The Hall–Kier alpha value is -1.38. The molecule has 1 atom stereocenters. The molecule has 21 heavy (non-hydrogen) atoms. The number of hydrogen-bond acceptors (Lipinski definition) is 1. The Kier molecular flexibility index (Phi) is 5.38. The molecule has 0 bridgehead atoms. The van der Waals surface area contributed by atoms with Gasteiger partial charge in [0, 0.05) is 11.1 Å². The molecule has 0 aliphatic carbocycles. The van der Waals surface area contributed by atoms with Crippen LogP contribution in [0, 0.1) is 12.7 Å². The minimum Gasteiger partial charge on any atom is -0.310 e. The van der Waals surface area contributed by atoms with Gasteiger partial charge < -0.3 is 5.32 Å². The molecule has 1 unspecified atom stereocenters. The molecule has 2 aromatic carbocycles. The second-order valence-corrected chi connectivity index (χ2v) is 5.78. The molecule has 0 amide bonds. The van der Waals surface area contributed by atoms with Gasteiger partial charge in [-0.05, 0) is 67.3 Å². The van der Waals surface area contributed by atoms with E-state index in [1.54, 1.807) is 6.07 Å². The van der Waals surface area contributed by atoms with Crippen LogP contribution < -0.4 is 5.32 Å². The van der Waals surface area contributed by atoms with Gasteiger partial charge in [0.15, 0.2) is 0 Å². The molecular weight excluding hydrogens is 285 g/mol. The first kappa shape index (κ1) is 16.0. The molecular formula is C18H21ClFN. The van der Waals surface area contributed by atoms with Crippen LogP contribution in [0.15, 0.2) is 36.4 Å². The van der Waals surface area contributed by atoms with E-state index in [0.29, 0.717) is 5.02 Å². The lowest BCUT2D eigenvalue weighted by atomic mass is 9.94. The fourth-order valence-electron chi connectivity index (χ4n) is 2.39. The summed E-state index contributed by atoms with van der Waals surface area (Å²) in [5, 5.41) is 4.15. The number of rotatable bonds is 5. The van der Waals surface area contributed by atoms with E-state index in [2.05, 4.69) is 19.2 Å². The second kappa shape index (κ2) is 7.06. The van der Waals surface area contributed by atoms with Crippen molar-refractivity contribution in [2.24, 2.45) is 0 Å². The average Bonchev–Trinajstić information content (AvgIpc) is 2.47. The summed E-state index contributed by atoms with van der Waals surface area (Å²) < 4.78 is 13.7. The number of nitrogens with one attached hydrogen (secondary N) is 1. The van der Waals surface area contributed by atoms with Gasteiger partial charge in [-0.15, -0.1) is 0 Å². The fraction of sp³-hybridized carbons (Fsp3) is 0.333. The molecule has 0 aliphatic heterocycles. The quantitative estimate of drug-likeness (QED) is 0.767. The van der Waals surface area contributed by atoms with Crippen molar-refractivity contribution in [1.29, 1.82) is 0 Å². The highest BCUT2D eigenvalue weighted by Crippen LogP contribution is 2.31. The Balaban J connectivity index is 2.45. The van der Waals surface area contributed by atoms with Crippen LogP contribution in [0.1, 0.15) is 37.4 Å². The number of halogens is 2. The minimum atomic E-state index is -0.229. The molecule has 0 spiro atoms. The summed E-state index contributed by atoms with van der Waals surface area (Å²) in [7, 11) is 0. The van der Waals surface area contributed by atoms with E-state index < -0.39 is 0 Å². The molecule has 0 radical (unpaired) electrons. The molecule has 0 saturated carbocycles. The zero-order chi connectivity index (χ0) is 15.4. The molecule has 2 aromatic rings. The summed E-state index contributed by atoms with van der Waals surface area (Å²) in [6, 6.07) is 11.0. The van der Waals surface area contributed by atoms with Crippen molar-refractivity contribution >= 4 is 11.6 Å². The third kappa shape index (κ3) is 3.84. The predicted molar refractivity (Wildman–Crippen MR) is 88.3 cm³/mol. The van der Waals surface area contributed by atoms with Crippen molar-refractivity contribution < 1.29 is 4.39 Å². The highest BCUT2D eigenvalue weighted by atomic mass is 35.5. The van der Waals surface area contributed by atoms with Crippen LogP contribution in [0.3, 0.4) is 0 Å². The predicted octanol–water partition coefficient (Wildman–Crippen LogP) is 5.52. The molecule has 1 N–H and O–H groups in total. The van der Waals surface area contributed by atoms with Crippen LogP contribution in [-0.4, -0.2) is 6.54 Å². The van der Waals surface area contributed by atoms with Crippen LogP contribution in [0.2, 0.25) is 5.02 Å². The summed E-state index contributed by atoms with van der Waals surface area (Å²) in [5.74, 6) is -0.229. The number of hydrogen-bond donors (Lipinski definition) is 1. The Bertz CT molecular complexity index is 625. The smallest absolute Gasteiger partial charge is 0.123 e. The topological polar surface area (TPSA) is 12.0 Å². The van der Waals surface area contributed by atoms with Gasteiger partial charge in [0.05, 0.1) is 0 Å². The Morgan fingerprint density at radius 3 is 2.62 bits per heavy atom. The molecule has 2 rings (SSSR count). The molecule has 0 fully saturated rings. The first-order valence-corrected chi connectivity index (χ1v) is 7.70. The first-order valence-electron chi connectivity index (χ1n) is 7.32. The molecule has 0 heterocycles. The highest BCUT2D eigenvalue weighted by molar-refractivity contribution is 6.31. The monoisotopic (exact) mass is 305 g/mol. The lowest BCUT2D eigenvalue weighted by molar-refractivity contribution is 0.569. The van der Waals surface area contributed by atoms with E-state index in [0.717, 1.165) is 35.2 Å². The average molecular weight is 306 g/mol. The molecule has 3 heteroatoms. The van der Waals surface area contributed by atoms with Gasteiger partial charge in [-0.3, -0.25) is 0 Å². The highest BCUT2D eigenvalue weighted by Gasteiger charge is 2.13. The Labute approximate surface area is 131 Å². The Morgan fingerprint density at radius 1 is 1.19 bits per heavy atom. The van der Waals surface area contributed by atoms with E-state index in [4.69, 9.17) is 11.6 Å². The van der Waals surface area contributed by atoms with Gasteiger partial charge in [-0.1, -0.05) is 36.7 Å². The zero-order valence-corrected chi connectivity index (χ0v) is 13.5. The van der Waals surface area contributed by atoms with Crippen molar-refractivity contribution in [3.05, 3.63) is 58.4 Å². The van der Waals surface area contributed by atoms with Crippen molar-refractivity contribution in [1.82, 2.24) is 5.32 Å². The molecule has 112 valence electrons. The maximum Gasteiger partial charge on any atom is 0.123 e. The fourth-order valence-corrected chi connectivity index (χ4v) is 2.57. The van der Waals surface area contributed by atoms with Gasteiger partial charge >= 0.3 is 0 Å². The number of aryl methyl sites for hydroxylation is 1. The molecule has 0 aliphatic rings. The largest absolute Gasteiger partial charge is 0.310 e. The van der Waals surface area contributed by atoms with Crippen LogP contribution in [0.4, 0.5) is 4.39 Å². The lowest BCUT2D eigenvalue weighted by Crippen LogP contribution is -2.20. The van der Waals surface area contributed by atoms with Gasteiger partial charge in [-0.2, -0.15) is 0 Å². The summed E-state index contributed by atoms with van der Waals surface area (Å²) in [6.07, 6.45) is 1.07. The van der Waals surface area contributed by atoms with Gasteiger partial charge in [-0.25, -0.2) is 4.39 Å². The normalized spacial score (nSPS) is 12.4. The summed E-state index contributed by atoms with van der Waals surface area (Å²) in [6.45, 7) is 7.13. The minimum absolute atomic E-state index is 0.167. The van der Waals surface area contributed by atoms with Crippen LogP contribution in [0.25, 0.3) is 11.1 Å². The molecule has 0 aromatic heterocycles. The van der Waals surface area contributed by atoms with Crippen molar-refractivity contribution in [3.8, 4) is 11.1 Å². The van der Waals surface area contributed by atoms with Crippen molar-refractivity contribution in [2.75, 3.05) is 6.54 Å². The van der Waals surface area contributed by atoms with Crippen molar-refractivity contribution in [2.45, 2.75) is 33.2 Å². The van der Waals surface area contributed by atoms with Crippen LogP contribution in [-0.2, 0) is 0 Å². The summed E-state index contributed by atoms with van der Waals surface area (Å²) >= 11 is 6.21. The van der Waals surface area contributed by atoms with E-state index in [9.17, 15) is 4.39 Å². The van der Waals surface area contributed by atoms with E-state index >= 15 is 0 Å². The second-order valence-electron chi connectivity index (χ2n) is 5.37. The third-order valence-corrected chi connectivity index (χ3v) is 4.07. The zero-order valence-electron chi connectivity index (χ0n) is 12.7. The van der Waals surface area contributed by atoms with E-state index in [-0.39, 0.29) is 11.9 Å². The molecule has 1 nitrogen and oxygen atoms in total. The van der Waals surface area contributed by atoms with E-state index in [1.807, 2.05) is 31.2 Å². The van der Waals surface area contributed by atoms with Crippen LogP contribution in [0.5, 0.6) is 0 Å². The van der Waals surface area contributed by atoms with Gasteiger partial charge in [0.1, 0.15) is 5.82 Å². The van der Waals surface area contributed by atoms with Gasteiger partial charge in [0.25, 0.3) is 0 Å². The summed E-state index contributed by atoms with van der Waals surface area (Å²) in [5.41, 5.74) is 3.96. The first-order chi connectivity index (χ1) is 10.0. The maximum absolute atomic E-state index is 13.7. The Morgan fingerprint density at radius 2 is 1.95 bits per heavy atom. The molecule has 0 saturated heterocycles. The summed E-state index contributed by atoms with van der Waals surface area (Å²) in [4.78, 5) is 0. The lowest BCUT2D eigenvalue weighted by Gasteiger charge is -2.18. The third-order valence-electron chi connectivity index (χ3n) is 3.67. The number of benzene rings is 2. The van der Waals surface area contributed by atoms with E-state index in [1.165, 1.54) is 6.07 Å².